The van der Waals surface area contributed by atoms with Gasteiger partial charge >= 0.3 is 0 Å². The minimum Gasteiger partial charge on any atom is -0.308 e. The number of thiazole rings is 1. The predicted molar refractivity (Wildman–Crippen MR) is 127 cm³/mol. The normalized spacial score (nSPS) is 11.0. The van der Waals surface area contributed by atoms with E-state index in [4.69, 9.17) is 0 Å². The highest BCUT2D eigenvalue weighted by Crippen LogP contribution is 2.33. The topological polar surface area (TPSA) is 50.3 Å². The van der Waals surface area contributed by atoms with Crippen LogP contribution < -0.4 is 9.72 Å². The molecule has 0 fully saturated rings. The minimum atomic E-state index is -0.250. The van der Waals surface area contributed by atoms with Crippen LogP contribution in [-0.2, 0) is 0 Å². The number of fused-ring (bicyclic) bond motifs is 3. The molecule has 0 spiro atoms. The summed E-state index contributed by atoms with van der Waals surface area (Å²) in [7, 11) is 0. The van der Waals surface area contributed by atoms with Crippen molar-refractivity contribution in [3.05, 3.63) is 112 Å². The maximum Gasteiger partial charge on any atom is 0.294 e. The summed E-state index contributed by atoms with van der Waals surface area (Å²) in [6.07, 6.45) is 1.88. The maximum absolute atomic E-state index is 13.5. The van der Waals surface area contributed by atoms with Gasteiger partial charge in [-0.3, -0.25) is 9.59 Å². The lowest BCUT2D eigenvalue weighted by Crippen LogP contribution is -2.29. The van der Waals surface area contributed by atoms with Crippen LogP contribution in [0.2, 0.25) is 0 Å². The third-order valence-electron chi connectivity index (χ3n) is 5.06. The van der Waals surface area contributed by atoms with Crippen LogP contribution in [0.15, 0.2) is 95.6 Å². The third-order valence-corrected chi connectivity index (χ3v) is 6.86. The molecular formula is C25H16BrN2O2S+. The lowest BCUT2D eigenvalue weighted by atomic mass is 10.1. The van der Waals surface area contributed by atoms with E-state index in [-0.39, 0.29) is 11.7 Å². The number of benzene rings is 3. The number of nitrogens with zero attached hydrogens (tertiary/aromatic N) is 1. The van der Waals surface area contributed by atoms with Gasteiger partial charge in [0.1, 0.15) is 0 Å². The molecule has 0 radical (unpaired) electrons. The standard InChI is InChI=1S/C25H15BrN2O2S/c26-20-13-7-12-19-18(20)14-15-28-21(22(29)16-8-3-1-4-9-16)24(31-25(19)28)27-23(30)17-10-5-2-6-11-17/h1-15H/p+1. The Balaban J connectivity index is 1.72. The molecule has 0 saturated carbocycles. The van der Waals surface area contributed by atoms with Crippen LogP contribution in [0, 0.1) is 0 Å². The minimum absolute atomic E-state index is 0.144. The van der Waals surface area contributed by atoms with E-state index in [2.05, 4.69) is 21.2 Å². The van der Waals surface area contributed by atoms with Crippen molar-refractivity contribution < 1.29 is 14.0 Å². The molecule has 1 amide bonds. The largest absolute Gasteiger partial charge is 0.308 e. The van der Waals surface area contributed by atoms with Gasteiger partial charge in [0, 0.05) is 27.1 Å². The number of pyridine rings is 1. The van der Waals surface area contributed by atoms with Crippen molar-refractivity contribution >= 4 is 59.6 Å². The Labute approximate surface area is 190 Å². The average Bonchev–Trinajstić information content (AvgIpc) is 3.18. The molecule has 150 valence electrons. The fraction of sp³-hybridized carbons (Fsp3) is 0. The second kappa shape index (κ2) is 8.06. The van der Waals surface area contributed by atoms with Crippen molar-refractivity contribution in [2.75, 3.05) is 5.32 Å². The second-order valence-corrected chi connectivity index (χ2v) is 8.84. The number of carbonyl (C=O) groups is 2. The average molecular weight is 488 g/mol. The zero-order chi connectivity index (χ0) is 21.4. The van der Waals surface area contributed by atoms with Gasteiger partial charge in [-0.2, -0.15) is 0 Å². The van der Waals surface area contributed by atoms with Crippen LogP contribution in [0.3, 0.4) is 0 Å². The first-order valence-electron chi connectivity index (χ1n) is 9.65. The summed E-state index contributed by atoms with van der Waals surface area (Å²) in [5.41, 5.74) is 1.55. The SMILES string of the molecule is O=C(Nc1sc2c3cccc(Br)c3cc[n+]2c1C(=O)c1ccccc1)c1ccccc1. The van der Waals surface area contributed by atoms with E-state index in [0.29, 0.717) is 21.8 Å². The van der Waals surface area contributed by atoms with Crippen molar-refractivity contribution in [2.24, 2.45) is 0 Å². The van der Waals surface area contributed by atoms with Gasteiger partial charge in [-0.05, 0) is 35.6 Å². The third kappa shape index (κ3) is 3.54. The molecule has 0 atom stereocenters. The number of hydrogen-bond donors (Lipinski definition) is 1. The van der Waals surface area contributed by atoms with Crippen molar-refractivity contribution in [3.63, 3.8) is 0 Å². The van der Waals surface area contributed by atoms with Crippen molar-refractivity contribution in [3.8, 4) is 0 Å². The number of aromatic nitrogens is 1. The van der Waals surface area contributed by atoms with Crippen molar-refractivity contribution in [1.29, 1.82) is 0 Å². The Hall–Kier alpha value is -3.35. The van der Waals surface area contributed by atoms with E-state index in [1.165, 1.54) is 11.3 Å². The molecular weight excluding hydrogens is 472 g/mol. The first-order chi connectivity index (χ1) is 15.1. The Morgan fingerprint density at radius 2 is 1.45 bits per heavy atom. The summed E-state index contributed by atoms with van der Waals surface area (Å²) in [6.45, 7) is 0. The number of nitrogens with one attached hydrogen (secondary N) is 1. The van der Waals surface area contributed by atoms with Crippen molar-refractivity contribution in [1.82, 2.24) is 0 Å². The van der Waals surface area contributed by atoms with Gasteiger partial charge in [0.2, 0.25) is 0 Å². The lowest BCUT2D eigenvalue weighted by Gasteiger charge is -2.03. The summed E-state index contributed by atoms with van der Waals surface area (Å²) < 4.78 is 2.85. The van der Waals surface area contributed by atoms with Gasteiger partial charge in [0.15, 0.2) is 11.2 Å². The van der Waals surface area contributed by atoms with Crippen LogP contribution in [0.4, 0.5) is 5.00 Å². The number of rotatable bonds is 4. The monoisotopic (exact) mass is 487 g/mol. The molecule has 0 aliphatic rings. The number of anilines is 1. The summed E-state index contributed by atoms with van der Waals surface area (Å²) in [5, 5.41) is 5.54. The van der Waals surface area contributed by atoms with Crippen LogP contribution >= 0.6 is 27.3 Å². The molecule has 2 heterocycles. The van der Waals surface area contributed by atoms with E-state index in [1.54, 1.807) is 24.3 Å². The molecule has 4 nitrogen and oxygen atoms in total. The number of halogens is 1. The molecule has 1 N–H and O–H groups in total. The Bertz CT molecular complexity index is 1450. The maximum atomic E-state index is 13.5. The van der Waals surface area contributed by atoms with Gasteiger partial charge in [0.05, 0.1) is 5.39 Å². The summed E-state index contributed by atoms with van der Waals surface area (Å²) in [5.74, 6) is -0.394. The zero-order valence-corrected chi connectivity index (χ0v) is 18.6. The van der Waals surface area contributed by atoms with Crippen LogP contribution in [0.5, 0.6) is 0 Å². The number of amides is 1. The smallest absolute Gasteiger partial charge is 0.294 e. The Kier molecular flexibility index (Phi) is 5.10. The summed E-state index contributed by atoms with van der Waals surface area (Å²) in [4.78, 5) is 27.3. The number of carbonyl (C=O) groups excluding carboxylic acids is 2. The van der Waals surface area contributed by atoms with E-state index >= 15 is 0 Å². The van der Waals surface area contributed by atoms with Crippen LogP contribution in [0.1, 0.15) is 26.4 Å². The van der Waals surface area contributed by atoms with Gasteiger partial charge in [-0.25, -0.2) is 0 Å². The fourth-order valence-corrected chi connectivity index (χ4v) is 5.22. The fourth-order valence-electron chi connectivity index (χ4n) is 3.56. The Morgan fingerprint density at radius 3 is 2.16 bits per heavy atom. The van der Waals surface area contributed by atoms with Crippen LogP contribution in [-0.4, -0.2) is 11.7 Å². The first kappa shape index (κ1) is 19.6. The highest BCUT2D eigenvalue weighted by atomic mass is 79.9. The molecule has 5 aromatic rings. The quantitative estimate of drug-likeness (QED) is 0.254. The molecule has 0 saturated heterocycles. The molecule has 3 aromatic carbocycles. The molecule has 2 aromatic heterocycles. The molecule has 5 rings (SSSR count). The highest BCUT2D eigenvalue weighted by molar-refractivity contribution is 9.10. The van der Waals surface area contributed by atoms with E-state index in [1.807, 2.05) is 71.3 Å². The van der Waals surface area contributed by atoms with Gasteiger partial charge in [0.25, 0.3) is 22.2 Å². The lowest BCUT2D eigenvalue weighted by molar-refractivity contribution is -0.508. The molecule has 0 aliphatic heterocycles. The van der Waals surface area contributed by atoms with E-state index < -0.39 is 0 Å². The zero-order valence-electron chi connectivity index (χ0n) is 16.2. The highest BCUT2D eigenvalue weighted by Gasteiger charge is 2.31. The molecule has 0 unspecified atom stereocenters. The predicted octanol–water partition coefficient (Wildman–Crippen LogP) is 5.89. The first-order valence-corrected chi connectivity index (χ1v) is 11.3. The summed E-state index contributed by atoms with van der Waals surface area (Å²) >= 11 is 5.00. The summed E-state index contributed by atoms with van der Waals surface area (Å²) in [6, 6.07) is 26.1. The van der Waals surface area contributed by atoms with Gasteiger partial charge in [-0.1, -0.05) is 70.5 Å². The van der Waals surface area contributed by atoms with Crippen LogP contribution in [0.25, 0.3) is 15.6 Å². The van der Waals surface area contributed by atoms with E-state index in [9.17, 15) is 9.59 Å². The number of ketones is 1. The number of hydrogen-bond acceptors (Lipinski definition) is 3. The van der Waals surface area contributed by atoms with Gasteiger partial charge < -0.3 is 5.32 Å². The van der Waals surface area contributed by atoms with E-state index in [0.717, 1.165) is 20.1 Å². The molecule has 31 heavy (non-hydrogen) atoms. The Morgan fingerprint density at radius 1 is 0.774 bits per heavy atom. The molecule has 0 bridgehead atoms. The molecule has 6 heteroatoms. The molecule has 0 aliphatic carbocycles. The van der Waals surface area contributed by atoms with Crippen molar-refractivity contribution in [2.45, 2.75) is 0 Å². The van der Waals surface area contributed by atoms with Gasteiger partial charge in [-0.15, -0.1) is 4.40 Å². The second-order valence-electron chi connectivity index (χ2n) is 6.99.